The normalized spacial score (nSPS) is 16.1. The lowest BCUT2D eigenvalue weighted by Crippen LogP contribution is -2.45. The fraction of sp³-hybridized carbons (Fsp3) is 0.526. The van der Waals surface area contributed by atoms with Gasteiger partial charge < -0.3 is 19.8 Å². The standard InChI is InChI=1S/C19H27N3O3/c1-19(2,18(23)20-6-7-22-8-10-25-11-9-22)16-13-21-17-5-4-14(24-3)12-15(16)17/h4-5,12-13,21H,6-11H2,1-3H3,(H,20,23). The number of nitrogens with zero attached hydrogens (tertiary/aromatic N) is 1. The van der Waals surface area contributed by atoms with Crippen molar-refractivity contribution in [2.24, 2.45) is 0 Å². The highest BCUT2D eigenvalue weighted by molar-refractivity contribution is 5.95. The number of nitrogens with one attached hydrogen (secondary N) is 2. The van der Waals surface area contributed by atoms with E-state index in [1.165, 1.54) is 0 Å². The average molecular weight is 345 g/mol. The van der Waals surface area contributed by atoms with Gasteiger partial charge in [-0.05, 0) is 37.6 Å². The van der Waals surface area contributed by atoms with Crippen LogP contribution in [-0.4, -0.2) is 62.3 Å². The van der Waals surface area contributed by atoms with E-state index < -0.39 is 5.41 Å². The van der Waals surface area contributed by atoms with Crippen LogP contribution in [0.1, 0.15) is 19.4 Å². The summed E-state index contributed by atoms with van der Waals surface area (Å²) in [6, 6.07) is 5.87. The predicted molar refractivity (Wildman–Crippen MR) is 98.1 cm³/mol. The van der Waals surface area contributed by atoms with Crippen LogP contribution in [0, 0.1) is 0 Å². The van der Waals surface area contributed by atoms with Crippen LogP contribution < -0.4 is 10.1 Å². The van der Waals surface area contributed by atoms with Crippen LogP contribution in [-0.2, 0) is 14.9 Å². The molecule has 2 heterocycles. The number of H-pyrrole nitrogens is 1. The summed E-state index contributed by atoms with van der Waals surface area (Å²) in [7, 11) is 1.65. The number of aromatic nitrogens is 1. The Kier molecular flexibility index (Phi) is 5.30. The first-order chi connectivity index (χ1) is 12.0. The number of hydrogen-bond donors (Lipinski definition) is 2. The van der Waals surface area contributed by atoms with Crippen molar-refractivity contribution in [3.8, 4) is 5.75 Å². The SMILES string of the molecule is COc1ccc2[nH]cc(C(C)(C)C(=O)NCCN3CCOCC3)c2c1. The first-order valence-corrected chi connectivity index (χ1v) is 8.76. The third-order valence-corrected chi connectivity index (χ3v) is 4.95. The predicted octanol–water partition coefficient (Wildman–Crippen LogP) is 1.90. The molecule has 0 spiro atoms. The van der Waals surface area contributed by atoms with Crippen LogP contribution in [0.15, 0.2) is 24.4 Å². The van der Waals surface area contributed by atoms with Crippen molar-refractivity contribution in [1.29, 1.82) is 0 Å². The lowest BCUT2D eigenvalue weighted by molar-refractivity contribution is -0.125. The van der Waals surface area contributed by atoms with Gasteiger partial charge in [0.25, 0.3) is 0 Å². The highest BCUT2D eigenvalue weighted by Gasteiger charge is 2.32. The highest BCUT2D eigenvalue weighted by atomic mass is 16.5. The van der Waals surface area contributed by atoms with Gasteiger partial charge in [-0.3, -0.25) is 9.69 Å². The fourth-order valence-corrected chi connectivity index (χ4v) is 3.24. The molecule has 1 aliphatic heterocycles. The molecule has 6 nitrogen and oxygen atoms in total. The van der Waals surface area contributed by atoms with Crippen LogP contribution in [0.4, 0.5) is 0 Å². The molecule has 1 fully saturated rings. The van der Waals surface area contributed by atoms with Crippen LogP contribution in [0.25, 0.3) is 10.9 Å². The van der Waals surface area contributed by atoms with Crippen LogP contribution >= 0.6 is 0 Å². The third kappa shape index (κ3) is 3.80. The second-order valence-electron chi connectivity index (χ2n) is 6.95. The molecule has 0 atom stereocenters. The summed E-state index contributed by atoms with van der Waals surface area (Å²) in [4.78, 5) is 18.4. The summed E-state index contributed by atoms with van der Waals surface area (Å²) in [5, 5.41) is 4.11. The van der Waals surface area contributed by atoms with Gasteiger partial charge in [-0.2, -0.15) is 0 Å². The minimum Gasteiger partial charge on any atom is -0.497 e. The summed E-state index contributed by atoms with van der Waals surface area (Å²) in [5.74, 6) is 0.821. The van der Waals surface area contributed by atoms with Crippen LogP contribution in [0.2, 0.25) is 0 Å². The molecule has 136 valence electrons. The Labute approximate surface area is 148 Å². The minimum atomic E-state index is -0.629. The number of amides is 1. The maximum Gasteiger partial charge on any atom is 0.230 e. The van der Waals surface area contributed by atoms with E-state index >= 15 is 0 Å². The number of hydrogen-bond acceptors (Lipinski definition) is 4. The number of carbonyl (C=O) groups excluding carboxylic acids is 1. The van der Waals surface area contributed by atoms with Gasteiger partial charge in [0.15, 0.2) is 0 Å². The molecule has 1 aromatic carbocycles. The Bertz CT molecular complexity index is 733. The van der Waals surface area contributed by atoms with E-state index in [1.807, 2.05) is 38.2 Å². The molecule has 2 aromatic rings. The summed E-state index contributed by atoms with van der Waals surface area (Å²) in [6.07, 6.45) is 1.92. The van der Waals surface area contributed by atoms with Crippen molar-refractivity contribution >= 4 is 16.8 Å². The Balaban J connectivity index is 1.68. The molecule has 2 N–H and O–H groups in total. The van der Waals surface area contributed by atoms with Crippen molar-refractivity contribution < 1.29 is 14.3 Å². The monoisotopic (exact) mass is 345 g/mol. The molecule has 6 heteroatoms. The lowest BCUT2D eigenvalue weighted by atomic mass is 9.83. The number of methoxy groups -OCH3 is 1. The third-order valence-electron chi connectivity index (χ3n) is 4.95. The molecule has 0 bridgehead atoms. The van der Waals surface area contributed by atoms with Crippen LogP contribution in [0.5, 0.6) is 5.75 Å². The summed E-state index contributed by atoms with van der Waals surface area (Å²) >= 11 is 0. The minimum absolute atomic E-state index is 0.0319. The van der Waals surface area contributed by atoms with E-state index in [1.54, 1.807) is 7.11 Å². The quantitative estimate of drug-likeness (QED) is 0.839. The molecule has 1 saturated heterocycles. The van der Waals surface area contributed by atoms with Gasteiger partial charge >= 0.3 is 0 Å². The van der Waals surface area contributed by atoms with E-state index in [-0.39, 0.29) is 5.91 Å². The van der Waals surface area contributed by atoms with Gasteiger partial charge in [-0.15, -0.1) is 0 Å². The summed E-state index contributed by atoms with van der Waals surface area (Å²) in [6.45, 7) is 8.83. The molecule has 1 aromatic heterocycles. The molecule has 1 amide bonds. The first kappa shape index (κ1) is 17.8. The zero-order valence-electron chi connectivity index (χ0n) is 15.2. The van der Waals surface area contributed by atoms with Crippen molar-refractivity contribution in [3.63, 3.8) is 0 Å². The second kappa shape index (κ2) is 7.45. The molecule has 25 heavy (non-hydrogen) atoms. The van der Waals surface area contributed by atoms with Gasteiger partial charge in [0, 0.05) is 43.3 Å². The van der Waals surface area contributed by atoms with Gasteiger partial charge in [0.1, 0.15) is 5.75 Å². The summed E-state index contributed by atoms with van der Waals surface area (Å²) < 4.78 is 10.7. The molecular formula is C19H27N3O3. The number of morpholine rings is 1. The number of rotatable bonds is 6. The van der Waals surface area contributed by atoms with Crippen molar-refractivity contribution in [1.82, 2.24) is 15.2 Å². The average Bonchev–Trinajstić information content (AvgIpc) is 3.06. The van der Waals surface area contributed by atoms with Crippen LogP contribution in [0.3, 0.4) is 0 Å². The van der Waals surface area contributed by atoms with Crippen molar-refractivity contribution in [2.45, 2.75) is 19.3 Å². The Hall–Kier alpha value is -2.05. The molecule has 1 aliphatic rings. The molecule has 0 aliphatic carbocycles. The van der Waals surface area contributed by atoms with Crippen molar-refractivity contribution in [2.75, 3.05) is 46.5 Å². The lowest BCUT2D eigenvalue weighted by Gasteiger charge is -2.28. The van der Waals surface area contributed by atoms with E-state index in [2.05, 4.69) is 15.2 Å². The van der Waals surface area contributed by atoms with Crippen molar-refractivity contribution in [3.05, 3.63) is 30.0 Å². The molecule has 3 rings (SSSR count). The van der Waals surface area contributed by atoms with E-state index in [9.17, 15) is 4.79 Å². The zero-order valence-corrected chi connectivity index (χ0v) is 15.2. The number of fused-ring (bicyclic) bond motifs is 1. The Morgan fingerprint density at radius 1 is 1.36 bits per heavy atom. The topological polar surface area (TPSA) is 66.6 Å². The largest absolute Gasteiger partial charge is 0.497 e. The maximum atomic E-state index is 12.8. The first-order valence-electron chi connectivity index (χ1n) is 8.76. The second-order valence-corrected chi connectivity index (χ2v) is 6.95. The molecule has 0 saturated carbocycles. The number of ether oxygens (including phenoxy) is 2. The molecular weight excluding hydrogens is 318 g/mol. The highest BCUT2D eigenvalue weighted by Crippen LogP contribution is 2.32. The van der Waals surface area contributed by atoms with E-state index in [0.717, 1.165) is 55.1 Å². The van der Waals surface area contributed by atoms with E-state index in [4.69, 9.17) is 9.47 Å². The number of benzene rings is 1. The van der Waals surface area contributed by atoms with Gasteiger partial charge in [-0.25, -0.2) is 0 Å². The smallest absolute Gasteiger partial charge is 0.230 e. The Morgan fingerprint density at radius 3 is 2.84 bits per heavy atom. The molecule has 0 radical (unpaired) electrons. The van der Waals surface area contributed by atoms with Gasteiger partial charge in [-0.1, -0.05) is 0 Å². The Morgan fingerprint density at radius 2 is 2.12 bits per heavy atom. The number of aromatic amines is 1. The van der Waals surface area contributed by atoms with E-state index in [0.29, 0.717) is 6.54 Å². The fourth-order valence-electron chi connectivity index (χ4n) is 3.24. The number of carbonyl (C=O) groups is 1. The van der Waals surface area contributed by atoms with Gasteiger partial charge in [0.05, 0.1) is 25.7 Å². The molecule has 0 unspecified atom stereocenters. The van der Waals surface area contributed by atoms with Gasteiger partial charge in [0.2, 0.25) is 5.91 Å². The maximum absolute atomic E-state index is 12.8. The zero-order chi connectivity index (χ0) is 17.9. The summed E-state index contributed by atoms with van der Waals surface area (Å²) in [5.41, 5.74) is 1.35.